The molecule has 7 N–H and O–H groups in total. The lowest BCUT2D eigenvalue weighted by Crippen LogP contribution is -2.20. The number of halogens is 2. The number of aryl methyl sites for hydroxylation is 1. The molecule has 2 aromatic heterocycles. The zero-order valence-electron chi connectivity index (χ0n) is 22.9. The summed E-state index contributed by atoms with van der Waals surface area (Å²) in [6, 6.07) is 13.5. The van der Waals surface area contributed by atoms with Crippen molar-refractivity contribution < 1.29 is 4.39 Å². The van der Waals surface area contributed by atoms with Crippen molar-refractivity contribution >= 4 is 39.6 Å². The Hall–Kier alpha value is -3.18. The predicted octanol–water partition coefficient (Wildman–Crippen LogP) is 5.51. The van der Waals surface area contributed by atoms with Gasteiger partial charge in [0.05, 0.1) is 16.4 Å². The van der Waals surface area contributed by atoms with Gasteiger partial charge in [-0.25, -0.2) is 9.18 Å². The van der Waals surface area contributed by atoms with E-state index in [1.807, 2.05) is 31.2 Å². The van der Waals surface area contributed by atoms with E-state index in [1.54, 1.807) is 24.4 Å². The Morgan fingerprint density at radius 1 is 1.29 bits per heavy atom. The smallest absolute Gasteiger partial charge is 0.354 e. The zero-order chi connectivity index (χ0) is 29.1. The molecule has 3 heterocycles. The Balaban J connectivity index is 1.34. The van der Waals surface area contributed by atoms with Crippen LogP contribution in [-0.2, 0) is 6.42 Å². The number of nitrogens with two attached hydrogens (primary N) is 2. The number of hydrogen-bond donors (Lipinski definition) is 5. The van der Waals surface area contributed by atoms with Crippen LogP contribution >= 0.6 is 23.4 Å². The topological polar surface area (TPSA) is 139 Å². The Morgan fingerprint density at radius 2 is 2.07 bits per heavy atom. The fourth-order valence-electron chi connectivity index (χ4n) is 5.42. The standard InChI is InChI=1S/C30H35ClFN7OS/c1-17(33)3-2-4-18-11-23(27(32)24(31)12-18)26-14-21-16-39(30(40)38-28(21)37-26)22-7-5-20(6-8-22)25-13-19(15-36-25)9-10-41-29(34)35/h5-8,11-12,14,16-17,19,25,36H,2-4,9-10,13,15,33H2,1H3,(H3,34,35)(H,37,38,40)/t17-,19-,25+/m0/s1. The van der Waals surface area contributed by atoms with Crippen molar-refractivity contribution in [3.8, 4) is 16.9 Å². The summed E-state index contributed by atoms with van der Waals surface area (Å²) in [5, 5.41) is 11.8. The lowest BCUT2D eigenvalue weighted by Gasteiger charge is -2.13. The summed E-state index contributed by atoms with van der Waals surface area (Å²) in [6.45, 7) is 2.90. The van der Waals surface area contributed by atoms with Gasteiger partial charge in [-0.2, -0.15) is 4.98 Å². The summed E-state index contributed by atoms with van der Waals surface area (Å²) in [4.78, 5) is 20.3. The van der Waals surface area contributed by atoms with E-state index in [-0.39, 0.29) is 22.3 Å². The quantitative estimate of drug-likeness (QED) is 0.121. The third kappa shape index (κ3) is 7.01. The lowest BCUT2D eigenvalue weighted by atomic mass is 9.98. The number of thioether (sulfide) groups is 1. The Kier molecular flexibility index (Phi) is 9.13. The average Bonchev–Trinajstić information content (AvgIpc) is 3.57. The average molecular weight is 596 g/mol. The van der Waals surface area contributed by atoms with Gasteiger partial charge < -0.3 is 21.8 Å². The first-order valence-corrected chi connectivity index (χ1v) is 15.2. The minimum atomic E-state index is -0.514. The molecule has 11 heteroatoms. The predicted molar refractivity (Wildman–Crippen MR) is 167 cm³/mol. The van der Waals surface area contributed by atoms with Gasteiger partial charge in [0.1, 0.15) is 5.65 Å². The number of nitrogens with one attached hydrogen (secondary N) is 3. The zero-order valence-corrected chi connectivity index (χ0v) is 24.5. The molecule has 5 rings (SSSR count). The maximum Gasteiger partial charge on any atom is 0.354 e. The number of amidine groups is 1. The van der Waals surface area contributed by atoms with E-state index in [2.05, 4.69) is 15.3 Å². The summed E-state index contributed by atoms with van der Waals surface area (Å²) in [7, 11) is 0. The number of aromatic nitrogens is 3. The van der Waals surface area contributed by atoms with E-state index >= 15 is 4.39 Å². The highest BCUT2D eigenvalue weighted by Gasteiger charge is 2.25. The highest BCUT2D eigenvalue weighted by Crippen LogP contribution is 2.32. The van der Waals surface area contributed by atoms with Gasteiger partial charge in [0.2, 0.25) is 0 Å². The van der Waals surface area contributed by atoms with Crippen LogP contribution in [0.3, 0.4) is 0 Å². The molecule has 0 amide bonds. The van der Waals surface area contributed by atoms with Gasteiger partial charge in [-0.1, -0.05) is 35.5 Å². The number of aromatic amines is 1. The molecule has 0 saturated carbocycles. The second-order valence-corrected chi connectivity index (χ2v) is 12.4. The molecular formula is C30H35ClFN7OS. The molecule has 2 aromatic carbocycles. The van der Waals surface area contributed by atoms with Gasteiger partial charge in [-0.05, 0) is 92.9 Å². The molecule has 4 aromatic rings. The Labute approximate surface area is 247 Å². The largest absolute Gasteiger partial charge is 0.379 e. The van der Waals surface area contributed by atoms with Crippen LogP contribution in [0.4, 0.5) is 4.39 Å². The fourth-order valence-corrected chi connectivity index (χ4v) is 6.34. The van der Waals surface area contributed by atoms with E-state index < -0.39 is 11.5 Å². The molecule has 41 heavy (non-hydrogen) atoms. The number of rotatable bonds is 10. The molecule has 8 nitrogen and oxygen atoms in total. The Bertz CT molecular complexity index is 1600. The molecule has 1 fully saturated rings. The first-order chi connectivity index (χ1) is 19.7. The van der Waals surface area contributed by atoms with E-state index in [1.165, 1.54) is 16.3 Å². The van der Waals surface area contributed by atoms with Crippen molar-refractivity contribution in [1.29, 1.82) is 5.41 Å². The normalized spacial score (nSPS) is 17.8. The van der Waals surface area contributed by atoms with Crippen LogP contribution in [0, 0.1) is 17.1 Å². The first-order valence-electron chi connectivity index (χ1n) is 13.8. The van der Waals surface area contributed by atoms with Crippen molar-refractivity contribution in [3.05, 3.63) is 81.1 Å². The van der Waals surface area contributed by atoms with E-state index in [0.717, 1.165) is 55.5 Å². The highest BCUT2D eigenvalue weighted by molar-refractivity contribution is 8.13. The molecule has 0 radical (unpaired) electrons. The van der Waals surface area contributed by atoms with Gasteiger partial charge in [0.25, 0.3) is 0 Å². The summed E-state index contributed by atoms with van der Waals surface area (Å²) < 4.78 is 16.6. The maximum atomic E-state index is 15.1. The molecular weight excluding hydrogens is 561 g/mol. The number of hydrogen-bond acceptors (Lipinski definition) is 6. The van der Waals surface area contributed by atoms with Gasteiger partial charge in [-0.15, -0.1) is 0 Å². The van der Waals surface area contributed by atoms with Gasteiger partial charge in [0, 0.05) is 35.0 Å². The van der Waals surface area contributed by atoms with Gasteiger partial charge >= 0.3 is 5.69 Å². The van der Waals surface area contributed by atoms with Gasteiger partial charge in [0.15, 0.2) is 11.0 Å². The van der Waals surface area contributed by atoms with Crippen LogP contribution in [0.25, 0.3) is 28.0 Å². The molecule has 216 valence electrons. The molecule has 0 bridgehead atoms. The van der Waals surface area contributed by atoms with Crippen molar-refractivity contribution in [2.45, 2.75) is 51.1 Å². The third-order valence-electron chi connectivity index (χ3n) is 7.59. The molecule has 0 spiro atoms. The van der Waals surface area contributed by atoms with Crippen molar-refractivity contribution in [3.63, 3.8) is 0 Å². The first kappa shape index (κ1) is 29.3. The minimum Gasteiger partial charge on any atom is -0.379 e. The van der Waals surface area contributed by atoms with Crippen molar-refractivity contribution in [2.24, 2.45) is 17.4 Å². The van der Waals surface area contributed by atoms with Crippen LogP contribution in [0.1, 0.15) is 49.8 Å². The number of nitrogens with zero attached hydrogens (tertiary/aromatic N) is 2. The van der Waals surface area contributed by atoms with Crippen LogP contribution in [0.15, 0.2) is 53.5 Å². The van der Waals surface area contributed by atoms with Crippen molar-refractivity contribution in [1.82, 2.24) is 19.9 Å². The molecule has 1 aliphatic rings. The minimum absolute atomic E-state index is 0.0580. The van der Waals surface area contributed by atoms with E-state index in [9.17, 15) is 4.79 Å². The lowest BCUT2D eigenvalue weighted by molar-refractivity contribution is 0.550. The Morgan fingerprint density at radius 3 is 2.80 bits per heavy atom. The summed E-state index contributed by atoms with van der Waals surface area (Å²) in [6.07, 6.45) is 6.24. The highest BCUT2D eigenvalue weighted by atomic mass is 35.5. The SMILES string of the molecule is C[C@H](N)CCCc1cc(Cl)c(F)c(-c2cc3cn(-c4ccc([C@H]5C[C@H](CCSC(=N)N)CN5)cc4)c(=O)nc3[nH]2)c1. The monoisotopic (exact) mass is 595 g/mol. The summed E-state index contributed by atoms with van der Waals surface area (Å²) in [5.74, 6) is 0.880. The number of benzene rings is 2. The van der Waals surface area contributed by atoms with E-state index in [0.29, 0.717) is 33.9 Å². The van der Waals surface area contributed by atoms with Crippen molar-refractivity contribution in [2.75, 3.05) is 12.3 Å². The fraction of sp³-hybridized carbons (Fsp3) is 0.367. The second-order valence-electron chi connectivity index (χ2n) is 10.8. The number of H-pyrrole nitrogens is 1. The van der Waals surface area contributed by atoms with Crippen LogP contribution < -0.4 is 22.5 Å². The molecule has 0 aliphatic carbocycles. The molecule has 3 atom stereocenters. The van der Waals surface area contributed by atoms with Crippen LogP contribution in [0.5, 0.6) is 0 Å². The summed E-state index contributed by atoms with van der Waals surface area (Å²) >= 11 is 7.63. The summed E-state index contributed by atoms with van der Waals surface area (Å²) in [5.41, 5.74) is 14.9. The van der Waals surface area contributed by atoms with E-state index in [4.69, 9.17) is 28.5 Å². The second kappa shape index (κ2) is 12.8. The molecule has 1 aliphatic heterocycles. The molecule has 0 unspecified atom stereocenters. The molecule has 1 saturated heterocycles. The third-order valence-corrected chi connectivity index (χ3v) is 8.62. The van der Waals surface area contributed by atoms with Crippen LogP contribution in [-0.4, -0.2) is 38.0 Å². The number of fused-ring (bicyclic) bond motifs is 1. The van der Waals surface area contributed by atoms with Gasteiger partial charge in [-0.3, -0.25) is 9.98 Å². The van der Waals surface area contributed by atoms with Crippen LogP contribution in [0.2, 0.25) is 5.02 Å². The maximum absolute atomic E-state index is 15.1.